The van der Waals surface area contributed by atoms with Gasteiger partial charge in [-0.15, -0.1) is 0 Å². The van der Waals surface area contributed by atoms with Crippen molar-refractivity contribution in [1.29, 1.82) is 0 Å². The highest BCUT2D eigenvalue weighted by molar-refractivity contribution is 7.89. The van der Waals surface area contributed by atoms with Crippen LogP contribution in [-0.4, -0.2) is 40.6 Å². The second-order valence-electron chi connectivity index (χ2n) is 4.40. The van der Waals surface area contributed by atoms with Crippen molar-refractivity contribution in [3.63, 3.8) is 0 Å². The lowest BCUT2D eigenvalue weighted by Gasteiger charge is -2.31. The molecule has 8 heteroatoms. The molecule has 0 saturated carbocycles. The average molecular weight is 288 g/mol. The standard InChI is InChI=1S/C10H16N4O2S2/c1-13-9(4-5-12-13)18(15,16)14-6-2-3-8(7-14)10(11)17/h4-5,8H,2-3,6-7H2,1H3,(H2,11,17). The number of thiocarbonyl (C=S) groups is 1. The van der Waals surface area contributed by atoms with Crippen LogP contribution in [-0.2, 0) is 17.1 Å². The zero-order valence-electron chi connectivity index (χ0n) is 10.1. The van der Waals surface area contributed by atoms with Crippen LogP contribution < -0.4 is 5.73 Å². The number of rotatable bonds is 3. The number of aromatic nitrogens is 2. The van der Waals surface area contributed by atoms with Gasteiger partial charge in [0.15, 0.2) is 5.03 Å². The summed E-state index contributed by atoms with van der Waals surface area (Å²) < 4.78 is 27.6. The third-order valence-electron chi connectivity index (χ3n) is 3.17. The summed E-state index contributed by atoms with van der Waals surface area (Å²) in [4.78, 5) is 0.389. The lowest BCUT2D eigenvalue weighted by Crippen LogP contribution is -2.43. The largest absolute Gasteiger partial charge is 0.393 e. The van der Waals surface area contributed by atoms with Crippen LogP contribution in [0.15, 0.2) is 17.3 Å². The van der Waals surface area contributed by atoms with Gasteiger partial charge in [0, 0.05) is 26.1 Å². The van der Waals surface area contributed by atoms with E-state index in [0.29, 0.717) is 18.1 Å². The molecule has 0 bridgehead atoms. The number of sulfonamides is 1. The van der Waals surface area contributed by atoms with Gasteiger partial charge in [0.1, 0.15) is 0 Å². The molecule has 0 aromatic carbocycles. The van der Waals surface area contributed by atoms with Gasteiger partial charge in [-0.25, -0.2) is 8.42 Å². The van der Waals surface area contributed by atoms with Crippen LogP contribution >= 0.6 is 12.2 Å². The van der Waals surface area contributed by atoms with Crippen LogP contribution in [0.3, 0.4) is 0 Å². The Morgan fingerprint density at radius 2 is 2.33 bits per heavy atom. The van der Waals surface area contributed by atoms with E-state index in [2.05, 4.69) is 5.10 Å². The van der Waals surface area contributed by atoms with E-state index < -0.39 is 10.0 Å². The lowest BCUT2D eigenvalue weighted by molar-refractivity contribution is 0.310. The van der Waals surface area contributed by atoms with Crippen molar-refractivity contribution < 1.29 is 8.42 Å². The summed E-state index contributed by atoms with van der Waals surface area (Å²) in [6, 6.07) is 1.50. The van der Waals surface area contributed by atoms with E-state index >= 15 is 0 Å². The summed E-state index contributed by atoms with van der Waals surface area (Å²) in [6.45, 7) is 0.871. The normalized spacial score (nSPS) is 21.9. The molecule has 0 radical (unpaired) electrons. The predicted molar refractivity (Wildman–Crippen MR) is 71.5 cm³/mol. The van der Waals surface area contributed by atoms with Crippen molar-refractivity contribution >= 4 is 27.2 Å². The van der Waals surface area contributed by atoms with Gasteiger partial charge in [-0.3, -0.25) is 4.68 Å². The van der Waals surface area contributed by atoms with Gasteiger partial charge in [0.25, 0.3) is 10.0 Å². The first-order chi connectivity index (χ1) is 8.43. The van der Waals surface area contributed by atoms with Crippen LogP contribution in [0.1, 0.15) is 12.8 Å². The zero-order chi connectivity index (χ0) is 13.3. The minimum absolute atomic E-state index is 0.0308. The molecular weight excluding hydrogens is 272 g/mol. The highest BCUT2D eigenvalue weighted by Gasteiger charge is 2.32. The third kappa shape index (κ3) is 2.40. The molecule has 2 N–H and O–H groups in total. The summed E-state index contributed by atoms with van der Waals surface area (Å²) in [6.07, 6.45) is 3.10. The molecule has 1 aliphatic rings. The van der Waals surface area contributed by atoms with E-state index in [1.54, 1.807) is 7.05 Å². The van der Waals surface area contributed by atoms with E-state index in [1.165, 1.54) is 21.3 Å². The maximum absolute atomic E-state index is 12.4. The molecule has 1 saturated heterocycles. The maximum Gasteiger partial charge on any atom is 0.260 e. The molecule has 1 atom stereocenters. The number of aryl methyl sites for hydroxylation is 1. The highest BCUT2D eigenvalue weighted by atomic mass is 32.2. The molecule has 0 amide bonds. The molecule has 0 spiro atoms. The van der Waals surface area contributed by atoms with E-state index in [0.717, 1.165) is 12.8 Å². The Kier molecular flexibility index (Phi) is 3.69. The molecule has 1 aromatic rings. The number of nitrogens with zero attached hydrogens (tertiary/aromatic N) is 3. The van der Waals surface area contributed by atoms with Crippen LogP contribution in [0.25, 0.3) is 0 Å². The Bertz CT molecular complexity index is 552. The first kappa shape index (κ1) is 13.4. The van der Waals surface area contributed by atoms with Gasteiger partial charge in [0.2, 0.25) is 0 Å². The van der Waals surface area contributed by atoms with Gasteiger partial charge >= 0.3 is 0 Å². The lowest BCUT2D eigenvalue weighted by atomic mass is 10.0. The molecule has 100 valence electrons. The van der Waals surface area contributed by atoms with Crippen molar-refractivity contribution in [3.05, 3.63) is 12.3 Å². The summed E-state index contributed by atoms with van der Waals surface area (Å²) in [7, 11) is -1.88. The van der Waals surface area contributed by atoms with Crippen molar-refractivity contribution in [1.82, 2.24) is 14.1 Å². The van der Waals surface area contributed by atoms with Gasteiger partial charge in [-0.05, 0) is 18.9 Å². The van der Waals surface area contributed by atoms with Gasteiger partial charge in [-0.1, -0.05) is 12.2 Å². The van der Waals surface area contributed by atoms with Crippen molar-refractivity contribution in [2.75, 3.05) is 13.1 Å². The fourth-order valence-corrected chi connectivity index (χ4v) is 3.96. The Labute approximate surface area is 112 Å². The Hall–Kier alpha value is -0.990. The molecular formula is C10H16N4O2S2. The molecule has 6 nitrogen and oxygen atoms in total. The van der Waals surface area contributed by atoms with Crippen LogP contribution in [0, 0.1) is 5.92 Å². The second-order valence-corrected chi connectivity index (χ2v) is 6.75. The Morgan fingerprint density at radius 1 is 1.61 bits per heavy atom. The van der Waals surface area contributed by atoms with E-state index in [9.17, 15) is 8.42 Å². The topological polar surface area (TPSA) is 81.2 Å². The number of piperidine rings is 1. The van der Waals surface area contributed by atoms with Crippen LogP contribution in [0.5, 0.6) is 0 Å². The summed E-state index contributed by atoms with van der Waals surface area (Å²) >= 11 is 4.96. The quantitative estimate of drug-likeness (QED) is 0.798. The monoisotopic (exact) mass is 288 g/mol. The van der Waals surface area contributed by atoms with Gasteiger partial charge in [0.05, 0.1) is 11.2 Å². The maximum atomic E-state index is 12.4. The third-order valence-corrected chi connectivity index (χ3v) is 5.44. The van der Waals surface area contributed by atoms with Crippen LogP contribution in [0.4, 0.5) is 0 Å². The SMILES string of the molecule is Cn1nccc1S(=O)(=O)N1CCCC(C(N)=S)C1. The summed E-state index contributed by atoms with van der Waals surface area (Å²) in [5, 5.41) is 4.09. The first-order valence-electron chi connectivity index (χ1n) is 5.70. The molecule has 18 heavy (non-hydrogen) atoms. The van der Waals surface area contributed by atoms with Crippen molar-refractivity contribution in [2.24, 2.45) is 18.7 Å². The molecule has 1 unspecified atom stereocenters. The molecule has 1 fully saturated rings. The summed E-state index contributed by atoms with van der Waals surface area (Å²) in [5.74, 6) is -0.0308. The van der Waals surface area contributed by atoms with E-state index in [4.69, 9.17) is 18.0 Å². The first-order valence-corrected chi connectivity index (χ1v) is 7.55. The molecule has 2 rings (SSSR count). The highest BCUT2D eigenvalue weighted by Crippen LogP contribution is 2.23. The van der Waals surface area contributed by atoms with Crippen LogP contribution in [0.2, 0.25) is 0 Å². The summed E-state index contributed by atoms with van der Waals surface area (Å²) in [5.41, 5.74) is 5.61. The fraction of sp³-hybridized carbons (Fsp3) is 0.600. The second kappa shape index (κ2) is 4.94. The van der Waals surface area contributed by atoms with Crippen molar-refractivity contribution in [2.45, 2.75) is 17.9 Å². The molecule has 1 aromatic heterocycles. The number of hydrogen-bond donors (Lipinski definition) is 1. The fourth-order valence-electron chi connectivity index (χ4n) is 2.14. The molecule has 0 aliphatic carbocycles. The molecule has 2 heterocycles. The number of nitrogens with two attached hydrogens (primary N) is 1. The van der Waals surface area contributed by atoms with Crippen molar-refractivity contribution in [3.8, 4) is 0 Å². The minimum Gasteiger partial charge on any atom is -0.393 e. The average Bonchev–Trinajstić information content (AvgIpc) is 2.76. The Balaban J connectivity index is 2.26. The Morgan fingerprint density at radius 3 is 2.89 bits per heavy atom. The smallest absolute Gasteiger partial charge is 0.260 e. The minimum atomic E-state index is -3.50. The van der Waals surface area contributed by atoms with E-state index in [1.807, 2.05) is 0 Å². The number of hydrogen-bond acceptors (Lipinski definition) is 4. The van der Waals surface area contributed by atoms with E-state index in [-0.39, 0.29) is 10.9 Å². The zero-order valence-corrected chi connectivity index (χ0v) is 11.7. The van der Waals surface area contributed by atoms with Gasteiger partial charge in [-0.2, -0.15) is 9.40 Å². The molecule has 1 aliphatic heterocycles. The predicted octanol–water partition coefficient (Wildman–Crippen LogP) is 0.107. The van der Waals surface area contributed by atoms with Gasteiger partial charge < -0.3 is 5.73 Å².